The molecule has 0 radical (unpaired) electrons. The molecule has 0 spiro atoms. The van der Waals surface area contributed by atoms with Crippen LogP contribution >= 0.6 is 0 Å². The molecule has 2 aromatic rings. The van der Waals surface area contributed by atoms with Gasteiger partial charge >= 0.3 is 5.97 Å². The van der Waals surface area contributed by atoms with Crippen LogP contribution in [0.5, 0.6) is 5.75 Å². The Labute approximate surface area is 98.7 Å². The molecule has 0 atom stereocenters. The van der Waals surface area contributed by atoms with Crippen LogP contribution in [0.15, 0.2) is 36.4 Å². The van der Waals surface area contributed by atoms with Gasteiger partial charge in [0.2, 0.25) is 0 Å². The number of hydrogen-bond acceptors (Lipinski definition) is 3. The van der Waals surface area contributed by atoms with Gasteiger partial charge in [0.05, 0.1) is 12.7 Å². The van der Waals surface area contributed by atoms with E-state index in [2.05, 4.69) is 6.57 Å². The van der Waals surface area contributed by atoms with Gasteiger partial charge in [-0.2, -0.15) is 0 Å². The van der Waals surface area contributed by atoms with Crippen molar-refractivity contribution in [3.8, 4) is 12.3 Å². The second-order valence-electron chi connectivity index (χ2n) is 3.17. The van der Waals surface area contributed by atoms with E-state index in [1.165, 1.54) is 0 Å². The normalized spacial score (nSPS) is 9.12. The zero-order valence-corrected chi connectivity index (χ0v) is 9.25. The summed E-state index contributed by atoms with van der Waals surface area (Å²) in [6.45, 7) is 3.50. The van der Waals surface area contributed by atoms with Crippen LogP contribution < -0.4 is 4.74 Å². The SMILES string of the molecule is C#N.COc1ccc(C(=O)O)c2ccccc12. The van der Waals surface area contributed by atoms with Crippen LogP contribution in [0.4, 0.5) is 0 Å². The van der Waals surface area contributed by atoms with Crippen LogP contribution in [0, 0.1) is 11.8 Å². The first-order chi connectivity index (χ1) is 8.24. The zero-order chi connectivity index (χ0) is 12.8. The Bertz CT molecular complexity index is 561. The number of nitrogens with zero attached hydrogens (tertiary/aromatic N) is 1. The van der Waals surface area contributed by atoms with E-state index in [4.69, 9.17) is 15.1 Å². The lowest BCUT2D eigenvalue weighted by molar-refractivity contribution is 0.0699. The average Bonchev–Trinajstić information content (AvgIpc) is 2.39. The molecule has 4 heteroatoms. The monoisotopic (exact) mass is 229 g/mol. The highest BCUT2D eigenvalue weighted by molar-refractivity contribution is 6.05. The molecule has 86 valence electrons. The first-order valence-corrected chi connectivity index (χ1v) is 4.79. The van der Waals surface area contributed by atoms with Crippen molar-refractivity contribution < 1.29 is 14.6 Å². The Morgan fingerprint density at radius 2 is 1.76 bits per heavy atom. The van der Waals surface area contributed by atoms with E-state index in [0.29, 0.717) is 16.7 Å². The van der Waals surface area contributed by atoms with Gasteiger partial charge in [0.1, 0.15) is 5.75 Å². The van der Waals surface area contributed by atoms with Crippen molar-refractivity contribution in [1.29, 1.82) is 5.26 Å². The summed E-state index contributed by atoms with van der Waals surface area (Å²) in [6.07, 6.45) is 0. The summed E-state index contributed by atoms with van der Waals surface area (Å²) >= 11 is 0. The lowest BCUT2D eigenvalue weighted by atomic mass is 10.0. The number of fused-ring (bicyclic) bond motifs is 1. The van der Waals surface area contributed by atoms with Crippen molar-refractivity contribution in [2.75, 3.05) is 7.11 Å². The summed E-state index contributed by atoms with van der Waals surface area (Å²) in [4.78, 5) is 11.0. The van der Waals surface area contributed by atoms with E-state index in [-0.39, 0.29) is 0 Å². The standard InChI is InChI=1S/C12H10O3.CHN/c1-15-11-7-6-10(12(13)14)8-4-2-3-5-9(8)11;1-2/h2-7H,1H3,(H,13,14);1H. The van der Waals surface area contributed by atoms with Crippen LogP contribution in [0.2, 0.25) is 0 Å². The van der Waals surface area contributed by atoms with E-state index < -0.39 is 5.97 Å². The highest BCUT2D eigenvalue weighted by atomic mass is 16.5. The fourth-order valence-electron chi connectivity index (χ4n) is 1.64. The Kier molecular flexibility index (Phi) is 4.07. The first kappa shape index (κ1) is 12.5. The fourth-order valence-corrected chi connectivity index (χ4v) is 1.64. The minimum atomic E-state index is -0.922. The topological polar surface area (TPSA) is 70.3 Å². The number of hydrogen-bond donors (Lipinski definition) is 1. The molecule has 0 unspecified atom stereocenters. The van der Waals surface area contributed by atoms with E-state index in [9.17, 15) is 4.79 Å². The van der Waals surface area contributed by atoms with Gasteiger partial charge in [-0.15, -0.1) is 0 Å². The summed E-state index contributed by atoms with van der Waals surface area (Å²) in [5.74, 6) is -0.232. The number of benzene rings is 2. The predicted octanol–water partition coefficient (Wildman–Crippen LogP) is 2.69. The predicted molar refractivity (Wildman–Crippen MR) is 64.1 cm³/mol. The van der Waals surface area contributed by atoms with E-state index in [1.807, 2.05) is 18.2 Å². The van der Waals surface area contributed by atoms with Crippen molar-refractivity contribution in [3.05, 3.63) is 42.0 Å². The van der Waals surface area contributed by atoms with Gasteiger partial charge in [-0.1, -0.05) is 24.3 Å². The Balaban J connectivity index is 0.000000686. The molecule has 0 amide bonds. The number of aromatic carboxylic acids is 1. The van der Waals surface area contributed by atoms with Gasteiger partial charge < -0.3 is 9.84 Å². The molecule has 2 rings (SSSR count). The number of carboxylic acids is 1. The maximum absolute atomic E-state index is 11.0. The summed E-state index contributed by atoms with van der Waals surface area (Å²) < 4.78 is 5.17. The molecule has 4 nitrogen and oxygen atoms in total. The van der Waals surface area contributed by atoms with Crippen molar-refractivity contribution in [2.45, 2.75) is 0 Å². The Morgan fingerprint density at radius 3 is 2.29 bits per heavy atom. The molecule has 0 bridgehead atoms. The van der Waals surface area contributed by atoms with Crippen molar-refractivity contribution in [1.82, 2.24) is 0 Å². The lowest BCUT2D eigenvalue weighted by Gasteiger charge is -2.07. The summed E-state index contributed by atoms with van der Waals surface area (Å²) in [6, 6.07) is 10.5. The molecule has 0 saturated heterocycles. The van der Waals surface area contributed by atoms with Gasteiger partial charge in [0.15, 0.2) is 0 Å². The van der Waals surface area contributed by atoms with Gasteiger partial charge in [-0.3, -0.25) is 0 Å². The number of methoxy groups -OCH3 is 1. The zero-order valence-electron chi connectivity index (χ0n) is 9.25. The van der Waals surface area contributed by atoms with E-state index in [1.54, 1.807) is 25.3 Å². The summed E-state index contributed by atoms with van der Waals surface area (Å²) in [5, 5.41) is 17.0. The third kappa shape index (κ3) is 2.34. The first-order valence-electron chi connectivity index (χ1n) is 4.79. The van der Waals surface area contributed by atoms with Crippen LogP contribution in [0.3, 0.4) is 0 Å². The number of carboxylic acid groups (broad SMARTS) is 1. The number of ether oxygens (including phenoxy) is 1. The molecule has 17 heavy (non-hydrogen) atoms. The molecular weight excluding hydrogens is 218 g/mol. The summed E-state index contributed by atoms with van der Waals surface area (Å²) in [5.41, 5.74) is 0.298. The summed E-state index contributed by atoms with van der Waals surface area (Å²) in [7, 11) is 1.57. The van der Waals surface area contributed by atoms with Crippen LogP contribution in [-0.2, 0) is 0 Å². The Morgan fingerprint density at radius 1 is 1.18 bits per heavy atom. The third-order valence-corrected chi connectivity index (χ3v) is 2.33. The lowest BCUT2D eigenvalue weighted by Crippen LogP contribution is -1.98. The maximum atomic E-state index is 11.0. The van der Waals surface area contributed by atoms with Gasteiger partial charge in [-0.25, -0.2) is 10.1 Å². The molecule has 2 aromatic carbocycles. The van der Waals surface area contributed by atoms with Gasteiger partial charge in [0.25, 0.3) is 0 Å². The molecule has 0 aliphatic carbocycles. The van der Waals surface area contributed by atoms with Crippen LogP contribution in [-0.4, -0.2) is 18.2 Å². The molecule has 1 N–H and O–H groups in total. The highest BCUT2D eigenvalue weighted by Crippen LogP contribution is 2.28. The van der Waals surface area contributed by atoms with Crippen molar-refractivity contribution >= 4 is 16.7 Å². The minimum Gasteiger partial charge on any atom is -0.496 e. The fraction of sp³-hybridized carbons (Fsp3) is 0.0769. The maximum Gasteiger partial charge on any atom is 0.336 e. The minimum absolute atomic E-state index is 0.298. The molecule has 0 saturated carbocycles. The largest absolute Gasteiger partial charge is 0.496 e. The smallest absolute Gasteiger partial charge is 0.336 e. The second kappa shape index (κ2) is 5.52. The van der Waals surface area contributed by atoms with Crippen LogP contribution in [0.1, 0.15) is 10.4 Å². The molecular formula is C13H11NO3. The Hall–Kier alpha value is -2.54. The average molecular weight is 229 g/mol. The van der Waals surface area contributed by atoms with E-state index in [0.717, 1.165) is 5.39 Å². The molecule has 0 fully saturated rings. The van der Waals surface area contributed by atoms with Crippen molar-refractivity contribution in [2.24, 2.45) is 0 Å². The molecule has 0 aromatic heterocycles. The second-order valence-corrected chi connectivity index (χ2v) is 3.17. The molecule has 0 heterocycles. The van der Waals surface area contributed by atoms with Gasteiger partial charge in [-0.05, 0) is 17.5 Å². The van der Waals surface area contributed by atoms with Crippen LogP contribution in [0.25, 0.3) is 10.8 Å². The number of carbonyl (C=O) groups is 1. The third-order valence-electron chi connectivity index (χ3n) is 2.33. The van der Waals surface area contributed by atoms with Gasteiger partial charge in [0, 0.05) is 12.0 Å². The van der Waals surface area contributed by atoms with E-state index >= 15 is 0 Å². The highest BCUT2D eigenvalue weighted by Gasteiger charge is 2.10. The molecule has 0 aliphatic rings. The number of rotatable bonds is 2. The van der Waals surface area contributed by atoms with Crippen molar-refractivity contribution in [3.63, 3.8) is 0 Å². The quantitative estimate of drug-likeness (QED) is 0.859. The molecule has 0 aliphatic heterocycles. The number of nitriles is 1.